The summed E-state index contributed by atoms with van der Waals surface area (Å²) in [4.78, 5) is 5.72. The van der Waals surface area contributed by atoms with Gasteiger partial charge in [0, 0.05) is 36.7 Å². The second kappa shape index (κ2) is 5.96. The van der Waals surface area contributed by atoms with E-state index in [9.17, 15) is 10.2 Å². The van der Waals surface area contributed by atoms with Crippen LogP contribution in [0, 0.1) is 0 Å². The number of nitrogens with zero attached hydrogens (tertiary/aromatic N) is 1. The minimum absolute atomic E-state index is 0.235. The van der Waals surface area contributed by atoms with Crippen LogP contribution in [0.1, 0.15) is 24.0 Å². The van der Waals surface area contributed by atoms with Gasteiger partial charge in [-0.3, -0.25) is 4.90 Å². The van der Waals surface area contributed by atoms with Crippen molar-refractivity contribution < 1.29 is 10.2 Å². The minimum atomic E-state index is -0.787. The molecule has 0 aliphatic carbocycles. The minimum Gasteiger partial charge on any atom is -0.508 e. The number of fused-ring (bicyclic) bond motifs is 1. The van der Waals surface area contributed by atoms with Crippen molar-refractivity contribution in [3.8, 4) is 5.75 Å². The van der Waals surface area contributed by atoms with Crippen LogP contribution >= 0.6 is 0 Å². The van der Waals surface area contributed by atoms with Gasteiger partial charge >= 0.3 is 0 Å². The van der Waals surface area contributed by atoms with E-state index in [2.05, 4.69) is 34.3 Å². The van der Waals surface area contributed by atoms with Crippen molar-refractivity contribution in [2.45, 2.75) is 25.0 Å². The molecule has 1 aromatic heterocycles. The van der Waals surface area contributed by atoms with E-state index in [1.807, 2.05) is 18.2 Å². The van der Waals surface area contributed by atoms with Gasteiger partial charge in [0.05, 0.1) is 5.60 Å². The molecule has 1 saturated heterocycles. The molecule has 0 spiro atoms. The molecule has 4 rings (SSSR count). The Hall–Kier alpha value is -2.30. The highest BCUT2D eigenvalue weighted by atomic mass is 16.3. The second-order valence-electron chi connectivity index (χ2n) is 6.71. The standard InChI is InChI=1S/C20H22N2O2/c23-17-7-5-16(6-8-17)20(24)9-11-22(12-10-20)14-15-13-21-19-4-2-1-3-18(15)19/h1-8,13,21,23-24H,9-12,14H2. The third-order valence-electron chi connectivity index (χ3n) is 5.16. The molecule has 4 heteroatoms. The van der Waals surface area contributed by atoms with Gasteiger partial charge < -0.3 is 15.2 Å². The summed E-state index contributed by atoms with van der Waals surface area (Å²) in [7, 11) is 0. The van der Waals surface area contributed by atoms with Crippen molar-refractivity contribution in [3.63, 3.8) is 0 Å². The Morgan fingerprint density at radius 3 is 2.46 bits per heavy atom. The number of aromatic amines is 1. The predicted molar refractivity (Wildman–Crippen MR) is 94.8 cm³/mol. The van der Waals surface area contributed by atoms with Crippen LogP contribution in [0.25, 0.3) is 10.9 Å². The van der Waals surface area contributed by atoms with E-state index < -0.39 is 5.60 Å². The highest BCUT2D eigenvalue weighted by Crippen LogP contribution is 2.34. The van der Waals surface area contributed by atoms with Crippen LogP contribution in [-0.2, 0) is 12.1 Å². The largest absolute Gasteiger partial charge is 0.508 e. The van der Waals surface area contributed by atoms with Gasteiger partial charge in [-0.15, -0.1) is 0 Å². The fraction of sp³-hybridized carbons (Fsp3) is 0.300. The summed E-state index contributed by atoms with van der Waals surface area (Å²) in [5, 5.41) is 21.6. The van der Waals surface area contributed by atoms with Crippen molar-refractivity contribution in [2.24, 2.45) is 0 Å². The zero-order valence-electron chi connectivity index (χ0n) is 13.6. The van der Waals surface area contributed by atoms with Gasteiger partial charge in [-0.1, -0.05) is 30.3 Å². The van der Waals surface area contributed by atoms with Crippen molar-refractivity contribution in [3.05, 3.63) is 65.9 Å². The molecular formula is C20H22N2O2. The number of aromatic nitrogens is 1. The summed E-state index contributed by atoms with van der Waals surface area (Å²) in [5.41, 5.74) is 2.59. The third-order valence-corrected chi connectivity index (χ3v) is 5.16. The summed E-state index contributed by atoms with van der Waals surface area (Å²) >= 11 is 0. The zero-order chi connectivity index (χ0) is 16.6. The number of hydrogen-bond donors (Lipinski definition) is 3. The first-order valence-corrected chi connectivity index (χ1v) is 8.43. The number of phenols is 1. The Labute approximate surface area is 141 Å². The molecule has 1 fully saturated rings. The zero-order valence-corrected chi connectivity index (χ0v) is 13.6. The van der Waals surface area contributed by atoms with Crippen LogP contribution in [0.15, 0.2) is 54.7 Å². The van der Waals surface area contributed by atoms with Gasteiger partial charge in [0.2, 0.25) is 0 Å². The molecule has 3 aromatic rings. The Balaban J connectivity index is 1.45. The van der Waals surface area contributed by atoms with Crippen LogP contribution < -0.4 is 0 Å². The number of aliphatic hydroxyl groups is 1. The predicted octanol–water partition coefficient (Wildman–Crippen LogP) is 3.36. The first-order chi connectivity index (χ1) is 11.6. The van der Waals surface area contributed by atoms with Crippen LogP contribution in [0.2, 0.25) is 0 Å². The normalized spacial score (nSPS) is 18.0. The summed E-state index contributed by atoms with van der Waals surface area (Å²) in [6.07, 6.45) is 3.51. The molecule has 4 nitrogen and oxygen atoms in total. The van der Waals surface area contributed by atoms with Crippen LogP contribution in [0.4, 0.5) is 0 Å². The summed E-state index contributed by atoms with van der Waals surface area (Å²) < 4.78 is 0. The lowest BCUT2D eigenvalue weighted by atomic mass is 9.84. The summed E-state index contributed by atoms with van der Waals surface area (Å²) in [6.45, 7) is 2.61. The number of nitrogens with one attached hydrogen (secondary N) is 1. The summed E-state index contributed by atoms with van der Waals surface area (Å²) in [5.74, 6) is 0.235. The number of rotatable bonds is 3. The molecule has 2 aromatic carbocycles. The number of para-hydroxylation sites is 1. The number of hydrogen-bond acceptors (Lipinski definition) is 3. The molecule has 3 N–H and O–H groups in total. The number of H-pyrrole nitrogens is 1. The molecule has 1 aliphatic rings. The summed E-state index contributed by atoms with van der Waals surface area (Å²) in [6, 6.07) is 15.3. The molecule has 124 valence electrons. The van der Waals surface area contributed by atoms with E-state index in [4.69, 9.17) is 0 Å². The van der Waals surface area contributed by atoms with Gasteiger partial charge in [0.15, 0.2) is 0 Å². The molecule has 0 atom stereocenters. The van der Waals surface area contributed by atoms with Crippen LogP contribution in [0.5, 0.6) is 5.75 Å². The van der Waals surface area contributed by atoms with Gasteiger partial charge in [-0.2, -0.15) is 0 Å². The van der Waals surface area contributed by atoms with Crippen LogP contribution in [0.3, 0.4) is 0 Å². The Bertz CT molecular complexity index is 830. The molecule has 0 amide bonds. The maximum absolute atomic E-state index is 10.9. The highest BCUT2D eigenvalue weighted by molar-refractivity contribution is 5.82. The maximum Gasteiger partial charge on any atom is 0.115 e. The molecule has 2 heterocycles. The van der Waals surface area contributed by atoms with E-state index in [1.165, 1.54) is 16.5 Å². The SMILES string of the molecule is Oc1ccc(C2(O)CCN(Cc3c[nH]c4ccccc34)CC2)cc1. The van der Waals surface area contributed by atoms with Crippen LogP contribution in [-0.4, -0.2) is 33.2 Å². The fourth-order valence-electron chi connectivity index (χ4n) is 3.64. The second-order valence-corrected chi connectivity index (χ2v) is 6.71. The molecule has 0 bridgehead atoms. The maximum atomic E-state index is 10.9. The first-order valence-electron chi connectivity index (χ1n) is 8.43. The topological polar surface area (TPSA) is 59.5 Å². The lowest BCUT2D eigenvalue weighted by Gasteiger charge is -2.38. The highest BCUT2D eigenvalue weighted by Gasteiger charge is 2.34. The lowest BCUT2D eigenvalue weighted by Crippen LogP contribution is -2.42. The van der Waals surface area contributed by atoms with E-state index in [0.717, 1.165) is 25.2 Å². The number of piperidine rings is 1. The van der Waals surface area contributed by atoms with Crippen molar-refractivity contribution in [2.75, 3.05) is 13.1 Å². The number of benzene rings is 2. The van der Waals surface area contributed by atoms with Gasteiger partial charge in [-0.05, 0) is 42.2 Å². The Morgan fingerprint density at radius 2 is 1.71 bits per heavy atom. The van der Waals surface area contributed by atoms with Crippen molar-refractivity contribution >= 4 is 10.9 Å². The first kappa shape index (κ1) is 15.2. The average molecular weight is 322 g/mol. The van der Waals surface area contributed by atoms with E-state index >= 15 is 0 Å². The monoisotopic (exact) mass is 322 g/mol. The number of likely N-dealkylation sites (tertiary alicyclic amines) is 1. The Morgan fingerprint density at radius 1 is 1.00 bits per heavy atom. The molecule has 1 aliphatic heterocycles. The molecule has 0 saturated carbocycles. The lowest BCUT2D eigenvalue weighted by molar-refractivity contribution is -0.0276. The molecule has 24 heavy (non-hydrogen) atoms. The number of phenolic OH excluding ortho intramolecular Hbond substituents is 1. The van der Waals surface area contributed by atoms with Gasteiger partial charge in [-0.25, -0.2) is 0 Å². The van der Waals surface area contributed by atoms with E-state index in [0.29, 0.717) is 12.8 Å². The molecular weight excluding hydrogens is 300 g/mol. The Kier molecular flexibility index (Phi) is 3.79. The smallest absolute Gasteiger partial charge is 0.115 e. The van der Waals surface area contributed by atoms with E-state index in [-0.39, 0.29) is 5.75 Å². The molecule has 0 unspecified atom stereocenters. The third kappa shape index (κ3) is 2.79. The van der Waals surface area contributed by atoms with Gasteiger partial charge in [0.25, 0.3) is 0 Å². The van der Waals surface area contributed by atoms with Gasteiger partial charge in [0.1, 0.15) is 5.75 Å². The van der Waals surface area contributed by atoms with E-state index in [1.54, 1.807) is 12.1 Å². The average Bonchev–Trinajstić information content (AvgIpc) is 3.01. The molecule has 0 radical (unpaired) electrons. The number of aromatic hydroxyl groups is 1. The van der Waals surface area contributed by atoms with Crippen molar-refractivity contribution in [1.29, 1.82) is 0 Å². The quantitative estimate of drug-likeness (QED) is 0.693. The van der Waals surface area contributed by atoms with Crippen molar-refractivity contribution in [1.82, 2.24) is 9.88 Å². The fourth-order valence-corrected chi connectivity index (χ4v) is 3.64.